The molecule has 4 nitrogen and oxygen atoms in total. The van der Waals surface area contributed by atoms with Crippen molar-refractivity contribution < 1.29 is 4.74 Å². The van der Waals surface area contributed by atoms with Gasteiger partial charge in [-0.3, -0.25) is 0 Å². The molecule has 1 aromatic heterocycles. The van der Waals surface area contributed by atoms with Crippen LogP contribution in [0.25, 0.3) is 0 Å². The largest absolute Gasteiger partial charge is 0.497 e. The van der Waals surface area contributed by atoms with E-state index in [1.54, 1.807) is 25.4 Å². The maximum Gasteiger partial charge on any atom is 0.127 e. The van der Waals surface area contributed by atoms with E-state index in [1.807, 2.05) is 24.3 Å². The van der Waals surface area contributed by atoms with Gasteiger partial charge in [-0.25, -0.2) is 4.98 Å². The highest BCUT2D eigenvalue weighted by atomic mass is 16.5. The molecule has 18 heavy (non-hydrogen) atoms. The number of nitrogens with zero attached hydrogens (tertiary/aromatic N) is 2. The summed E-state index contributed by atoms with van der Waals surface area (Å²) in [5.41, 5.74) is 1.72. The molecule has 4 heteroatoms. The summed E-state index contributed by atoms with van der Waals surface area (Å²) in [6.45, 7) is 0.659. The molecule has 0 aliphatic rings. The van der Waals surface area contributed by atoms with Crippen molar-refractivity contribution in [3.8, 4) is 11.8 Å². The fourth-order valence-corrected chi connectivity index (χ4v) is 1.53. The minimum absolute atomic E-state index is 0.599. The van der Waals surface area contributed by atoms with Gasteiger partial charge in [0, 0.05) is 12.7 Å². The number of ether oxygens (including phenoxy) is 1. The average Bonchev–Trinajstić information content (AvgIpc) is 2.46. The normalized spacial score (nSPS) is 9.56. The molecular weight excluding hydrogens is 226 g/mol. The molecule has 90 valence electrons. The molecule has 0 bridgehead atoms. The fraction of sp³-hybridized carbons (Fsp3) is 0.143. The molecule has 2 aromatic rings. The van der Waals surface area contributed by atoms with Crippen LogP contribution in [0.4, 0.5) is 5.82 Å². The van der Waals surface area contributed by atoms with Crippen LogP contribution < -0.4 is 10.1 Å². The lowest BCUT2D eigenvalue weighted by atomic mass is 10.2. The van der Waals surface area contributed by atoms with Crippen LogP contribution >= 0.6 is 0 Å². The molecule has 1 N–H and O–H groups in total. The van der Waals surface area contributed by atoms with Crippen molar-refractivity contribution in [3.63, 3.8) is 0 Å². The molecule has 0 fully saturated rings. The molecule has 0 radical (unpaired) electrons. The SMILES string of the molecule is COc1ccc(CNc2cc(C#N)ccn2)cc1. The van der Waals surface area contributed by atoms with Gasteiger partial charge in [0.2, 0.25) is 0 Å². The standard InChI is InChI=1S/C14H13N3O/c1-18-13-4-2-11(3-5-13)10-17-14-8-12(9-15)6-7-16-14/h2-8H,10H2,1H3,(H,16,17). The molecule has 0 aliphatic heterocycles. The number of benzene rings is 1. The topological polar surface area (TPSA) is 57.9 Å². The zero-order chi connectivity index (χ0) is 12.8. The van der Waals surface area contributed by atoms with Gasteiger partial charge >= 0.3 is 0 Å². The number of anilines is 1. The van der Waals surface area contributed by atoms with Crippen LogP contribution in [0.3, 0.4) is 0 Å². The third kappa shape index (κ3) is 2.98. The lowest BCUT2D eigenvalue weighted by molar-refractivity contribution is 0.414. The summed E-state index contributed by atoms with van der Waals surface area (Å²) in [6, 6.07) is 13.3. The Kier molecular flexibility index (Phi) is 3.77. The second kappa shape index (κ2) is 5.69. The predicted molar refractivity (Wildman–Crippen MR) is 69.3 cm³/mol. The smallest absolute Gasteiger partial charge is 0.127 e. The first-order valence-corrected chi connectivity index (χ1v) is 5.55. The van der Waals surface area contributed by atoms with Crippen LogP contribution in [0.5, 0.6) is 5.75 Å². The Bertz CT molecular complexity index is 558. The second-order valence-electron chi connectivity index (χ2n) is 3.74. The summed E-state index contributed by atoms with van der Waals surface area (Å²) < 4.78 is 5.09. The predicted octanol–water partition coefficient (Wildman–Crippen LogP) is 2.57. The van der Waals surface area contributed by atoms with Crippen LogP contribution in [0, 0.1) is 11.3 Å². The molecule has 0 saturated heterocycles. The molecule has 0 spiro atoms. The highest BCUT2D eigenvalue weighted by molar-refractivity contribution is 5.43. The summed E-state index contributed by atoms with van der Waals surface area (Å²) in [5.74, 6) is 1.54. The number of methoxy groups -OCH3 is 1. The highest BCUT2D eigenvalue weighted by Gasteiger charge is 1.97. The molecule has 0 aliphatic carbocycles. The van der Waals surface area contributed by atoms with Gasteiger partial charge in [-0.15, -0.1) is 0 Å². The quantitative estimate of drug-likeness (QED) is 0.890. The van der Waals surface area contributed by atoms with E-state index < -0.39 is 0 Å². The average molecular weight is 239 g/mol. The van der Waals surface area contributed by atoms with Gasteiger partial charge in [-0.05, 0) is 29.8 Å². The number of pyridine rings is 1. The van der Waals surface area contributed by atoms with E-state index in [0.717, 1.165) is 11.3 Å². The Labute approximate surface area is 106 Å². The van der Waals surface area contributed by atoms with Crippen molar-refractivity contribution in [2.45, 2.75) is 6.54 Å². The molecule has 0 amide bonds. The summed E-state index contributed by atoms with van der Waals surface area (Å²) in [7, 11) is 1.64. The molecule has 0 unspecified atom stereocenters. The molecule has 0 atom stereocenters. The molecule has 2 rings (SSSR count). The van der Waals surface area contributed by atoms with Crippen molar-refractivity contribution in [1.29, 1.82) is 5.26 Å². The van der Waals surface area contributed by atoms with E-state index in [2.05, 4.69) is 16.4 Å². The van der Waals surface area contributed by atoms with Gasteiger partial charge in [0.05, 0.1) is 18.7 Å². The van der Waals surface area contributed by atoms with Crippen LogP contribution in [-0.2, 0) is 6.54 Å². The number of hydrogen-bond donors (Lipinski definition) is 1. The summed E-state index contributed by atoms with van der Waals surface area (Å²) in [4.78, 5) is 4.15. The highest BCUT2D eigenvalue weighted by Crippen LogP contribution is 2.13. The van der Waals surface area contributed by atoms with E-state index in [4.69, 9.17) is 10.00 Å². The zero-order valence-corrected chi connectivity index (χ0v) is 10.1. The monoisotopic (exact) mass is 239 g/mol. The van der Waals surface area contributed by atoms with E-state index in [1.165, 1.54) is 0 Å². The second-order valence-corrected chi connectivity index (χ2v) is 3.74. The van der Waals surface area contributed by atoms with Crippen LogP contribution in [0.1, 0.15) is 11.1 Å². The number of nitrogens with one attached hydrogen (secondary N) is 1. The first-order valence-electron chi connectivity index (χ1n) is 5.55. The van der Waals surface area contributed by atoms with Crippen molar-refractivity contribution >= 4 is 5.82 Å². The van der Waals surface area contributed by atoms with E-state index in [9.17, 15) is 0 Å². The minimum atomic E-state index is 0.599. The van der Waals surface area contributed by atoms with E-state index in [-0.39, 0.29) is 0 Å². The zero-order valence-electron chi connectivity index (χ0n) is 10.1. The molecule has 1 heterocycles. The Morgan fingerprint density at radius 2 is 2.06 bits per heavy atom. The van der Waals surface area contributed by atoms with Crippen LogP contribution in [0.2, 0.25) is 0 Å². The Balaban J connectivity index is 2.00. The first kappa shape index (κ1) is 11.9. The number of rotatable bonds is 4. The lowest BCUT2D eigenvalue weighted by Crippen LogP contribution is -2.01. The van der Waals surface area contributed by atoms with Crippen molar-refractivity contribution in [3.05, 3.63) is 53.7 Å². The van der Waals surface area contributed by atoms with Crippen molar-refractivity contribution in [2.24, 2.45) is 0 Å². The van der Waals surface area contributed by atoms with Gasteiger partial charge < -0.3 is 10.1 Å². The van der Waals surface area contributed by atoms with E-state index >= 15 is 0 Å². The third-order valence-electron chi connectivity index (χ3n) is 2.52. The summed E-state index contributed by atoms with van der Waals surface area (Å²) in [5, 5.41) is 12.0. The third-order valence-corrected chi connectivity index (χ3v) is 2.52. The van der Waals surface area contributed by atoms with Gasteiger partial charge in [0.25, 0.3) is 0 Å². The molecule has 0 saturated carbocycles. The first-order chi connectivity index (χ1) is 8.81. The Hall–Kier alpha value is -2.54. The fourth-order valence-electron chi connectivity index (χ4n) is 1.53. The number of aromatic nitrogens is 1. The summed E-state index contributed by atoms with van der Waals surface area (Å²) in [6.07, 6.45) is 1.62. The maximum atomic E-state index is 8.79. The van der Waals surface area contributed by atoms with Gasteiger partial charge in [0.15, 0.2) is 0 Å². The maximum absolute atomic E-state index is 8.79. The van der Waals surface area contributed by atoms with E-state index in [0.29, 0.717) is 17.9 Å². The lowest BCUT2D eigenvalue weighted by Gasteiger charge is -2.06. The van der Waals surface area contributed by atoms with Crippen molar-refractivity contribution in [1.82, 2.24) is 4.98 Å². The van der Waals surface area contributed by atoms with Gasteiger partial charge in [-0.1, -0.05) is 12.1 Å². The van der Waals surface area contributed by atoms with Gasteiger partial charge in [0.1, 0.15) is 11.6 Å². The summed E-state index contributed by atoms with van der Waals surface area (Å²) >= 11 is 0. The molecule has 1 aromatic carbocycles. The van der Waals surface area contributed by atoms with Gasteiger partial charge in [-0.2, -0.15) is 5.26 Å². The van der Waals surface area contributed by atoms with Crippen LogP contribution in [-0.4, -0.2) is 12.1 Å². The number of hydrogen-bond acceptors (Lipinski definition) is 4. The Morgan fingerprint density at radius 1 is 1.28 bits per heavy atom. The Morgan fingerprint density at radius 3 is 2.72 bits per heavy atom. The van der Waals surface area contributed by atoms with Crippen LogP contribution in [0.15, 0.2) is 42.6 Å². The molecular formula is C14H13N3O. The number of nitriles is 1. The van der Waals surface area contributed by atoms with Crippen molar-refractivity contribution in [2.75, 3.05) is 12.4 Å². The minimum Gasteiger partial charge on any atom is -0.497 e.